The maximum Gasteiger partial charge on any atom is 0.178 e. The van der Waals surface area contributed by atoms with E-state index in [2.05, 4.69) is 206 Å². The second kappa shape index (κ2) is 12.0. The van der Waals surface area contributed by atoms with E-state index in [0.717, 1.165) is 28.4 Å². The first-order valence-electron chi connectivity index (χ1n) is 20.3. The van der Waals surface area contributed by atoms with Crippen LogP contribution in [0.3, 0.4) is 0 Å². The third kappa shape index (κ3) is 4.21. The van der Waals surface area contributed by atoms with E-state index in [-0.39, 0.29) is 0 Å². The zero-order chi connectivity index (χ0) is 38.7. The van der Waals surface area contributed by atoms with Crippen molar-refractivity contribution >= 4 is 11.4 Å². The van der Waals surface area contributed by atoms with Crippen LogP contribution in [0.5, 0.6) is 23.0 Å². The molecular weight excluding hydrogens is 719 g/mol. The van der Waals surface area contributed by atoms with Gasteiger partial charge in [0.15, 0.2) is 23.0 Å². The number of rotatable bonds is 4. The molecule has 0 amide bonds. The van der Waals surface area contributed by atoms with Crippen molar-refractivity contribution in [1.82, 2.24) is 0 Å². The molecule has 3 aliphatic carbocycles. The summed E-state index contributed by atoms with van der Waals surface area (Å²) in [5.41, 5.74) is 18.4. The molecule has 59 heavy (non-hydrogen) atoms. The number of hydrogen-bond donors (Lipinski definition) is 1. The molecule has 0 saturated heterocycles. The fourth-order valence-electron chi connectivity index (χ4n) is 11.0. The molecule has 0 unspecified atom stereocenters. The van der Waals surface area contributed by atoms with Gasteiger partial charge < -0.3 is 14.8 Å². The predicted molar refractivity (Wildman–Crippen MR) is 236 cm³/mol. The summed E-state index contributed by atoms with van der Waals surface area (Å²) < 4.78 is 13.7. The zero-order valence-electron chi connectivity index (χ0n) is 31.9. The van der Waals surface area contributed by atoms with Gasteiger partial charge in [0.25, 0.3) is 0 Å². The van der Waals surface area contributed by atoms with Gasteiger partial charge in [-0.25, -0.2) is 0 Å². The zero-order valence-corrected chi connectivity index (χ0v) is 31.9. The molecule has 1 aliphatic heterocycles. The highest BCUT2D eigenvalue weighted by molar-refractivity contribution is 5.98. The van der Waals surface area contributed by atoms with Crippen molar-refractivity contribution in [2.75, 3.05) is 5.32 Å². The molecule has 0 atom stereocenters. The van der Waals surface area contributed by atoms with Crippen LogP contribution in [0.15, 0.2) is 206 Å². The second-order valence-corrected chi connectivity index (χ2v) is 16.0. The number of nitrogens with one attached hydrogen (secondary N) is 1. The Morgan fingerprint density at radius 3 is 1.41 bits per heavy atom. The summed E-state index contributed by atoms with van der Waals surface area (Å²) in [5, 5.41) is 3.77. The number of ether oxygens (including phenoxy) is 2. The van der Waals surface area contributed by atoms with Gasteiger partial charge in [-0.05, 0) is 103 Å². The first-order chi connectivity index (χ1) is 29.2. The molecule has 1 spiro atoms. The molecule has 0 radical (unpaired) electrons. The molecule has 13 rings (SSSR count). The summed E-state index contributed by atoms with van der Waals surface area (Å²) in [6, 6.07) is 74.6. The second-order valence-electron chi connectivity index (χ2n) is 16.0. The van der Waals surface area contributed by atoms with Gasteiger partial charge in [0.1, 0.15) is 0 Å². The summed E-state index contributed by atoms with van der Waals surface area (Å²) in [4.78, 5) is 0. The van der Waals surface area contributed by atoms with Gasteiger partial charge in [-0.15, -0.1) is 0 Å². The lowest BCUT2D eigenvalue weighted by atomic mass is 9.67. The topological polar surface area (TPSA) is 30.5 Å². The van der Waals surface area contributed by atoms with Gasteiger partial charge in [-0.3, -0.25) is 0 Å². The molecule has 3 nitrogen and oxygen atoms in total. The van der Waals surface area contributed by atoms with Gasteiger partial charge >= 0.3 is 0 Å². The Hall–Kier alpha value is -7.62. The molecule has 0 saturated carbocycles. The van der Waals surface area contributed by atoms with E-state index >= 15 is 0 Å². The van der Waals surface area contributed by atoms with Crippen molar-refractivity contribution in [3.05, 3.63) is 251 Å². The molecule has 0 bridgehead atoms. The van der Waals surface area contributed by atoms with Crippen molar-refractivity contribution < 1.29 is 9.47 Å². The van der Waals surface area contributed by atoms with E-state index in [1.807, 2.05) is 6.07 Å². The van der Waals surface area contributed by atoms with Gasteiger partial charge in [0.05, 0.1) is 10.8 Å². The van der Waals surface area contributed by atoms with Crippen molar-refractivity contribution in [2.24, 2.45) is 0 Å². The van der Waals surface area contributed by atoms with Crippen molar-refractivity contribution in [3.8, 4) is 56.4 Å². The summed E-state index contributed by atoms with van der Waals surface area (Å²) >= 11 is 0. The highest BCUT2D eigenvalue weighted by Crippen LogP contribution is 2.66. The average Bonchev–Trinajstić information content (AvgIpc) is 3.89. The largest absolute Gasteiger partial charge is 0.449 e. The fraction of sp³-hybridized carbons (Fsp3) is 0.0357. The normalized spacial score (nSPS) is 14.6. The SMILES string of the molecule is c1ccc(C2(c3ccccc3)c3ccccc3-c3ccc(Nc4ccc5c(c4)Oc4c(ccc6c4-c4ccccc4C64c6ccccc6-c6ccccc64)O5)cc32)cc1. The predicted octanol–water partition coefficient (Wildman–Crippen LogP) is 14.0. The maximum atomic E-state index is 7.03. The first kappa shape index (κ1) is 32.5. The van der Waals surface area contributed by atoms with Crippen LogP contribution in [-0.2, 0) is 10.8 Å². The van der Waals surface area contributed by atoms with Crippen LogP contribution in [-0.4, -0.2) is 0 Å². The molecule has 9 aromatic carbocycles. The van der Waals surface area contributed by atoms with Crippen LogP contribution < -0.4 is 14.8 Å². The van der Waals surface area contributed by atoms with E-state index in [1.165, 1.54) is 72.3 Å². The molecule has 1 N–H and O–H groups in total. The fourth-order valence-corrected chi connectivity index (χ4v) is 11.0. The highest BCUT2D eigenvalue weighted by atomic mass is 16.6. The Morgan fingerprint density at radius 2 is 0.780 bits per heavy atom. The molecule has 1 heterocycles. The monoisotopic (exact) mass is 753 g/mol. The molecule has 276 valence electrons. The van der Waals surface area contributed by atoms with Crippen LogP contribution in [0.25, 0.3) is 33.4 Å². The van der Waals surface area contributed by atoms with E-state index in [9.17, 15) is 0 Å². The van der Waals surface area contributed by atoms with Crippen LogP contribution in [0.1, 0.15) is 44.5 Å². The molecule has 0 fully saturated rings. The van der Waals surface area contributed by atoms with Gasteiger partial charge in [-0.1, -0.05) is 170 Å². The first-order valence-corrected chi connectivity index (χ1v) is 20.3. The van der Waals surface area contributed by atoms with E-state index in [1.54, 1.807) is 0 Å². The Balaban J connectivity index is 0.921. The molecule has 4 aliphatic rings. The summed E-state index contributed by atoms with van der Waals surface area (Å²) in [6.07, 6.45) is 0. The Bertz CT molecular complexity index is 3120. The van der Waals surface area contributed by atoms with Crippen LogP contribution in [0.4, 0.5) is 11.4 Å². The van der Waals surface area contributed by atoms with E-state index < -0.39 is 10.8 Å². The van der Waals surface area contributed by atoms with Crippen molar-refractivity contribution in [3.63, 3.8) is 0 Å². The van der Waals surface area contributed by atoms with Gasteiger partial charge in [-0.2, -0.15) is 0 Å². The van der Waals surface area contributed by atoms with Gasteiger partial charge in [0, 0.05) is 23.0 Å². The Morgan fingerprint density at radius 1 is 0.305 bits per heavy atom. The summed E-state index contributed by atoms with van der Waals surface area (Å²) in [6.45, 7) is 0. The average molecular weight is 754 g/mol. The van der Waals surface area contributed by atoms with Gasteiger partial charge in [0.2, 0.25) is 0 Å². The van der Waals surface area contributed by atoms with Crippen LogP contribution in [0, 0.1) is 0 Å². The molecule has 0 aromatic heterocycles. The number of anilines is 2. The summed E-state index contributed by atoms with van der Waals surface area (Å²) in [7, 11) is 0. The Kier molecular flexibility index (Phi) is 6.58. The third-order valence-corrected chi connectivity index (χ3v) is 13.2. The smallest absolute Gasteiger partial charge is 0.178 e. The molecule has 3 heteroatoms. The maximum absolute atomic E-state index is 7.03. The lowest BCUT2D eigenvalue weighted by Crippen LogP contribution is -2.28. The highest BCUT2D eigenvalue weighted by Gasteiger charge is 2.53. The molecule has 9 aromatic rings. The minimum Gasteiger partial charge on any atom is -0.449 e. The lowest BCUT2D eigenvalue weighted by Gasteiger charge is -2.34. The van der Waals surface area contributed by atoms with Crippen molar-refractivity contribution in [1.29, 1.82) is 0 Å². The van der Waals surface area contributed by atoms with E-state index in [0.29, 0.717) is 11.5 Å². The quantitative estimate of drug-likeness (QED) is 0.194. The van der Waals surface area contributed by atoms with Crippen LogP contribution >= 0.6 is 0 Å². The van der Waals surface area contributed by atoms with E-state index in [4.69, 9.17) is 9.47 Å². The minimum absolute atomic E-state index is 0.455. The number of hydrogen-bond acceptors (Lipinski definition) is 3. The Labute approximate surface area is 342 Å². The molecular formula is C56H35NO2. The third-order valence-electron chi connectivity index (χ3n) is 13.2. The number of benzene rings is 9. The number of fused-ring (bicyclic) bond motifs is 16. The standard InChI is InChI=1S/C56H35NO2/c1-3-15-35(16-4-1)55(36-17-5-2-6-18-36)44-23-11-7-21-41(44)42-29-27-37(33-49(42)55)57-38-28-31-50-52(34-38)59-54-51(58-50)32-30-48-53(54)43-22-10-14-26-47(43)56(48)45-24-12-8-19-39(45)40-20-9-13-25-46(40)56/h1-34,57H. The minimum atomic E-state index is -0.475. The lowest BCUT2D eigenvalue weighted by molar-refractivity contribution is 0.360. The summed E-state index contributed by atoms with van der Waals surface area (Å²) in [5.74, 6) is 2.85. The van der Waals surface area contributed by atoms with Crippen LogP contribution in [0.2, 0.25) is 0 Å². The van der Waals surface area contributed by atoms with Crippen molar-refractivity contribution in [2.45, 2.75) is 10.8 Å².